The van der Waals surface area contributed by atoms with Crippen LogP contribution in [0.2, 0.25) is 10.0 Å². The SMILES string of the molecule is O=C1OCCN1Cc1cccc(OCC(O)CN2CCC(c3ccc(Cl)c(Cl)c3)CC2)c1. The van der Waals surface area contributed by atoms with Crippen LogP contribution in [0.3, 0.4) is 0 Å². The number of rotatable bonds is 8. The van der Waals surface area contributed by atoms with Gasteiger partial charge in [0.2, 0.25) is 0 Å². The molecule has 2 fully saturated rings. The molecule has 0 saturated carbocycles. The number of amides is 1. The Hall–Kier alpha value is -1.99. The molecule has 1 atom stereocenters. The van der Waals surface area contributed by atoms with Crippen LogP contribution in [0.5, 0.6) is 5.75 Å². The van der Waals surface area contributed by atoms with Crippen LogP contribution in [0.4, 0.5) is 4.79 Å². The van der Waals surface area contributed by atoms with Crippen molar-refractivity contribution < 1.29 is 19.4 Å². The summed E-state index contributed by atoms with van der Waals surface area (Å²) in [5.74, 6) is 1.15. The number of cyclic esters (lactones) is 1. The topological polar surface area (TPSA) is 62.2 Å². The Morgan fingerprint density at radius 2 is 1.91 bits per heavy atom. The van der Waals surface area contributed by atoms with E-state index in [0.29, 0.717) is 48.0 Å². The van der Waals surface area contributed by atoms with Gasteiger partial charge in [-0.25, -0.2) is 4.79 Å². The van der Waals surface area contributed by atoms with Gasteiger partial charge < -0.3 is 24.4 Å². The Bertz CT molecular complexity index is 934. The highest BCUT2D eigenvalue weighted by atomic mass is 35.5. The third-order valence-corrected chi connectivity index (χ3v) is 6.77. The van der Waals surface area contributed by atoms with Crippen molar-refractivity contribution in [1.29, 1.82) is 0 Å². The van der Waals surface area contributed by atoms with Gasteiger partial charge in [0.15, 0.2) is 0 Å². The molecule has 4 rings (SSSR count). The Balaban J connectivity index is 1.21. The van der Waals surface area contributed by atoms with E-state index < -0.39 is 6.10 Å². The average Bonchev–Trinajstić information content (AvgIpc) is 3.19. The summed E-state index contributed by atoms with van der Waals surface area (Å²) in [4.78, 5) is 15.6. The zero-order valence-corrected chi connectivity index (χ0v) is 19.4. The van der Waals surface area contributed by atoms with E-state index in [1.165, 1.54) is 5.56 Å². The molecule has 2 aromatic rings. The van der Waals surface area contributed by atoms with Gasteiger partial charge in [-0.3, -0.25) is 0 Å². The minimum absolute atomic E-state index is 0.224. The van der Waals surface area contributed by atoms with Crippen LogP contribution in [0.15, 0.2) is 42.5 Å². The van der Waals surface area contributed by atoms with Crippen LogP contribution in [0, 0.1) is 0 Å². The smallest absolute Gasteiger partial charge is 0.410 e. The number of piperidine rings is 1. The van der Waals surface area contributed by atoms with E-state index >= 15 is 0 Å². The first kappa shape index (κ1) is 23.2. The summed E-state index contributed by atoms with van der Waals surface area (Å²) in [6.07, 6.45) is 1.18. The first-order valence-electron chi connectivity index (χ1n) is 11.0. The highest BCUT2D eigenvalue weighted by Gasteiger charge is 2.23. The van der Waals surface area contributed by atoms with E-state index in [2.05, 4.69) is 11.0 Å². The fraction of sp³-hybridized carbons (Fsp3) is 0.458. The Morgan fingerprint density at radius 1 is 1.09 bits per heavy atom. The van der Waals surface area contributed by atoms with Crippen LogP contribution in [-0.2, 0) is 11.3 Å². The van der Waals surface area contributed by atoms with E-state index in [4.69, 9.17) is 32.7 Å². The second-order valence-electron chi connectivity index (χ2n) is 8.40. The quantitative estimate of drug-likeness (QED) is 0.602. The zero-order valence-electron chi connectivity index (χ0n) is 17.9. The number of hydrogen-bond donors (Lipinski definition) is 1. The molecule has 0 aliphatic carbocycles. The molecular formula is C24H28Cl2N2O4. The summed E-state index contributed by atoms with van der Waals surface area (Å²) in [5, 5.41) is 11.7. The van der Waals surface area contributed by atoms with Gasteiger partial charge >= 0.3 is 6.09 Å². The lowest BCUT2D eigenvalue weighted by atomic mass is 9.89. The summed E-state index contributed by atoms with van der Waals surface area (Å²) in [7, 11) is 0. The van der Waals surface area contributed by atoms with Crippen LogP contribution in [-0.4, -0.2) is 66.5 Å². The van der Waals surface area contributed by atoms with E-state index in [-0.39, 0.29) is 12.7 Å². The van der Waals surface area contributed by atoms with Crippen LogP contribution >= 0.6 is 23.2 Å². The third-order valence-electron chi connectivity index (χ3n) is 6.03. The predicted molar refractivity (Wildman–Crippen MR) is 125 cm³/mol. The number of aliphatic hydroxyl groups excluding tert-OH is 1. The van der Waals surface area contributed by atoms with E-state index in [9.17, 15) is 9.90 Å². The van der Waals surface area contributed by atoms with E-state index in [1.807, 2.05) is 36.4 Å². The molecule has 0 spiro atoms. The molecule has 0 radical (unpaired) electrons. The fourth-order valence-corrected chi connectivity index (χ4v) is 4.59. The summed E-state index contributed by atoms with van der Waals surface area (Å²) < 4.78 is 10.8. The molecule has 2 saturated heterocycles. The fourth-order valence-electron chi connectivity index (χ4n) is 4.28. The van der Waals surface area contributed by atoms with Gasteiger partial charge in [0.1, 0.15) is 25.1 Å². The average molecular weight is 479 g/mol. The van der Waals surface area contributed by atoms with Crippen LogP contribution in [0.1, 0.15) is 29.9 Å². The molecule has 0 aromatic heterocycles. The van der Waals surface area contributed by atoms with Crippen molar-refractivity contribution in [2.45, 2.75) is 31.4 Å². The van der Waals surface area contributed by atoms with Crippen molar-refractivity contribution in [2.24, 2.45) is 0 Å². The summed E-state index contributed by atoms with van der Waals surface area (Å²) in [6, 6.07) is 13.5. The largest absolute Gasteiger partial charge is 0.491 e. The first-order chi connectivity index (χ1) is 15.5. The summed E-state index contributed by atoms with van der Waals surface area (Å²) >= 11 is 12.2. The van der Waals surface area contributed by atoms with Gasteiger partial charge in [-0.1, -0.05) is 41.4 Å². The number of carbonyl (C=O) groups is 1. The lowest BCUT2D eigenvalue weighted by Crippen LogP contribution is -2.40. The summed E-state index contributed by atoms with van der Waals surface area (Å²) in [5.41, 5.74) is 2.20. The molecule has 1 N–H and O–H groups in total. The standard InChI is InChI=1S/C24H28Cl2N2O4/c25-22-5-4-19(13-23(22)26)18-6-8-27(9-7-18)15-20(29)16-32-21-3-1-2-17(12-21)14-28-10-11-31-24(28)30/h1-5,12-13,18,20,29H,6-11,14-16H2. The molecule has 2 heterocycles. The zero-order chi connectivity index (χ0) is 22.5. The summed E-state index contributed by atoms with van der Waals surface area (Å²) in [6.45, 7) is 4.17. The number of β-amino-alcohol motifs (C(OH)–C–C–N with tert-alkyl or cyclic N) is 1. The Morgan fingerprint density at radius 3 is 2.62 bits per heavy atom. The number of ether oxygens (including phenoxy) is 2. The molecule has 2 aliphatic heterocycles. The van der Waals surface area contributed by atoms with Crippen LogP contribution in [0.25, 0.3) is 0 Å². The Labute approximate surface area is 198 Å². The molecule has 0 bridgehead atoms. The third kappa shape index (κ3) is 6.07. The molecule has 1 unspecified atom stereocenters. The minimum atomic E-state index is -0.575. The molecule has 1 amide bonds. The van der Waals surface area contributed by atoms with Crippen molar-refractivity contribution in [3.05, 3.63) is 63.6 Å². The lowest BCUT2D eigenvalue weighted by Gasteiger charge is -2.33. The normalized spacial score (nSPS) is 18.6. The van der Waals surface area contributed by atoms with Crippen molar-refractivity contribution in [3.63, 3.8) is 0 Å². The lowest BCUT2D eigenvalue weighted by molar-refractivity contribution is 0.0594. The van der Waals surface area contributed by atoms with Gasteiger partial charge in [-0.2, -0.15) is 0 Å². The van der Waals surface area contributed by atoms with Crippen molar-refractivity contribution in [2.75, 3.05) is 39.4 Å². The number of aliphatic hydroxyl groups is 1. The molecule has 2 aromatic carbocycles. The van der Waals surface area contributed by atoms with Gasteiger partial charge in [0.05, 0.1) is 16.6 Å². The van der Waals surface area contributed by atoms with E-state index in [0.717, 1.165) is 31.5 Å². The second kappa shape index (κ2) is 10.8. The predicted octanol–water partition coefficient (Wildman–Crippen LogP) is 4.56. The highest BCUT2D eigenvalue weighted by molar-refractivity contribution is 6.42. The van der Waals surface area contributed by atoms with Gasteiger partial charge in [0, 0.05) is 13.1 Å². The maximum atomic E-state index is 11.6. The molecular weight excluding hydrogens is 451 g/mol. The minimum Gasteiger partial charge on any atom is -0.491 e. The number of nitrogens with zero attached hydrogens (tertiary/aromatic N) is 2. The van der Waals surface area contributed by atoms with Gasteiger partial charge in [0.25, 0.3) is 0 Å². The molecule has 6 nitrogen and oxygen atoms in total. The van der Waals surface area contributed by atoms with Crippen molar-refractivity contribution >= 4 is 29.3 Å². The van der Waals surface area contributed by atoms with Crippen molar-refractivity contribution in [1.82, 2.24) is 9.80 Å². The Kier molecular flexibility index (Phi) is 7.79. The number of carbonyl (C=O) groups excluding carboxylic acids is 1. The molecule has 32 heavy (non-hydrogen) atoms. The second-order valence-corrected chi connectivity index (χ2v) is 9.21. The monoisotopic (exact) mass is 478 g/mol. The van der Waals surface area contributed by atoms with Crippen molar-refractivity contribution in [3.8, 4) is 5.75 Å². The maximum absolute atomic E-state index is 11.6. The first-order valence-corrected chi connectivity index (χ1v) is 11.7. The number of likely N-dealkylation sites (tertiary alicyclic amines) is 1. The van der Waals surface area contributed by atoms with Gasteiger partial charge in [-0.15, -0.1) is 0 Å². The van der Waals surface area contributed by atoms with Gasteiger partial charge in [-0.05, 0) is 67.2 Å². The molecule has 2 aliphatic rings. The number of halogens is 2. The number of benzene rings is 2. The maximum Gasteiger partial charge on any atom is 0.410 e. The highest BCUT2D eigenvalue weighted by Crippen LogP contribution is 2.32. The van der Waals surface area contributed by atoms with Crippen LogP contribution < -0.4 is 4.74 Å². The molecule has 172 valence electrons. The number of hydrogen-bond acceptors (Lipinski definition) is 5. The van der Waals surface area contributed by atoms with E-state index in [1.54, 1.807) is 4.90 Å². The molecule has 8 heteroatoms.